The number of rotatable bonds is 3. The predicted octanol–water partition coefficient (Wildman–Crippen LogP) is 3.25. The standard InChI is InChI=1S/C18H24N4/c1-18(2)9-7-13-5-3-4-6-14(13)15(11-18)21-12-17-20-10-8-16(19)22-17/h3-6,8,10,15,21H,7,9,11-12H2,1-2H3,(H2,19,20,22)/t15-/m0/s1. The van der Waals surface area contributed by atoms with Crippen LogP contribution < -0.4 is 11.1 Å². The quantitative estimate of drug-likeness (QED) is 0.853. The summed E-state index contributed by atoms with van der Waals surface area (Å²) in [4.78, 5) is 8.56. The minimum absolute atomic E-state index is 0.327. The maximum absolute atomic E-state index is 5.73. The van der Waals surface area contributed by atoms with Gasteiger partial charge in [0.25, 0.3) is 0 Å². The van der Waals surface area contributed by atoms with Crippen LogP contribution in [0.2, 0.25) is 0 Å². The molecule has 0 spiro atoms. The fourth-order valence-electron chi connectivity index (χ4n) is 3.24. The number of nitrogen functional groups attached to an aromatic ring is 1. The number of aromatic nitrogens is 2. The summed E-state index contributed by atoms with van der Waals surface area (Å²) >= 11 is 0. The molecule has 1 heterocycles. The van der Waals surface area contributed by atoms with Crippen LogP contribution >= 0.6 is 0 Å². The molecule has 1 aliphatic rings. The summed E-state index contributed by atoms with van der Waals surface area (Å²) < 4.78 is 0. The fourth-order valence-corrected chi connectivity index (χ4v) is 3.24. The molecule has 0 saturated carbocycles. The highest BCUT2D eigenvalue weighted by Gasteiger charge is 2.29. The second-order valence-electron chi connectivity index (χ2n) is 6.90. The number of aryl methyl sites for hydroxylation is 1. The fraction of sp³-hybridized carbons (Fsp3) is 0.444. The van der Waals surface area contributed by atoms with Gasteiger partial charge in [-0.2, -0.15) is 0 Å². The first kappa shape index (κ1) is 15.0. The Morgan fingerprint density at radius 2 is 2.09 bits per heavy atom. The zero-order valence-electron chi connectivity index (χ0n) is 13.3. The molecule has 0 saturated heterocycles. The van der Waals surface area contributed by atoms with Crippen LogP contribution in [0.4, 0.5) is 5.82 Å². The first-order valence-corrected chi connectivity index (χ1v) is 7.92. The van der Waals surface area contributed by atoms with E-state index >= 15 is 0 Å². The summed E-state index contributed by atoms with van der Waals surface area (Å²) in [6, 6.07) is 10.8. The van der Waals surface area contributed by atoms with Crippen molar-refractivity contribution in [1.29, 1.82) is 0 Å². The van der Waals surface area contributed by atoms with Gasteiger partial charge in [-0.05, 0) is 41.9 Å². The van der Waals surface area contributed by atoms with E-state index in [1.54, 1.807) is 12.3 Å². The van der Waals surface area contributed by atoms with Gasteiger partial charge in [-0.15, -0.1) is 0 Å². The number of benzene rings is 1. The van der Waals surface area contributed by atoms with Crippen molar-refractivity contribution in [3.63, 3.8) is 0 Å². The highest BCUT2D eigenvalue weighted by atomic mass is 15.0. The third-order valence-corrected chi connectivity index (χ3v) is 4.49. The van der Waals surface area contributed by atoms with Crippen molar-refractivity contribution in [2.24, 2.45) is 5.41 Å². The van der Waals surface area contributed by atoms with Gasteiger partial charge in [0.05, 0.1) is 6.54 Å². The van der Waals surface area contributed by atoms with Gasteiger partial charge in [0, 0.05) is 12.2 Å². The molecule has 4 heteroatoms. The number of nitrogens with zero attached hydrogens (tertiary/aromatic N) is 2. The lowest BCUT2D eigenvalue weighted by atomic mass is 9.83. The van der Waals surface area contributed by atoms with Crippen molar-refractivity contribution in [2.75, 3.05) is 5.73 Å². The van der Waals surface area contributed by atoms with Crippen molar-refractivity contribution < 1.29 is 0 Å². The summed E-state index contributed by atoms with van der Waals surface area (Å²) in [7, 11) is 0. The Hall–Kier alpha value is -1.94. The lowest BCUT2D eigenvalue weighted by Crippen LogP contribution is -2.26. The summed E-state index contributed by atoms with van der Waals surface area (Å²) in [5.74, 6) is 1.27. The lowest BCUT2D eigenvalue weighted by Gasteiger charge is -2.27. The molecule has 1 atom stereocenters. The zero-order valence-corrected chi connectivity index (χ0v) is 13.3. The molecule has 1 aromatic heterocycles. The van der Waals surface area contributed by atoms with Gasteiger partial charge in [-0.1, -0.05) is 38.1 Å². The van der Waals surface area contributed by atoms with Gasteiger partial charge in [0.2, 0.25) is 0 Å². The molecule has 1 aliphatic carbocycles. The van der Waals surface area contributed by atoms with Crippen LogP contribution in [-0.4, -0.2) is 9.97 Å². The van der Waals surface area contributed by atoms with Crippen molar-refractivity contribution in [2.45, 2.75) is 45.7 Å². The van der Waals surface area contributed by atoms with E-state index in [-0.39, 0.29) is 0 Å². The molecule has 0 unspecified atom stereocenters. The van der Waals surface area contributed by atoms with Crippen LogP contribution in [-0.2, 0) is 13.0 Å². The Kier molecular flexibility index (Phi) is 4.12. The molecule has 0 radical (unpaired) electrons. The Labute approximate surface area is 132 Å². The molecule has 3 rings (SSSR count). The third kappa shape index (κ3) is 3.45. The molecule has 1 aromatic carbocycles. The molecule has 3 N–H and O–H groups in total. The van der Waals surface area contributed by atoms with Crippen molar-refractivity contribution in [3.05, 3.63) is 53.5 Å². The van der Waals surface area contributed by atoms with Crippen molar-refractivity contribution >= 4 is 5.82 Å². The molecule has 0 aliphatic heterocycles. The third-order valence-electron chi connectivity index (χ3n) is 4.49. The molecular weight excluding hydrogens is 272 g/mol. The molecule has 0 bridgehead atoms. The smallest absolute Gasteiger partial charge is 0.144 e. The van der Waals surface area contributed by atoms with Crippen molar-refractivity contribution in [3.8, 4) is 0 Å². The van der Waals surface area contributed by atoms with E-state index in [1.807, 2.05) is 0 Å². The number of nitrogens with two attached hydrogens (primary N) is 1. The van der Waals surface area contributed by atoms with E-state index in [0.29, 0.717) is 23.8 Å². The highest BCUT2D eigenvalue weighted by Crippen LogP contribution is 2.39. The van der Waals surface area contributed by atoms with E-state index in [0.717, 1.165) is 18.7 Å². The topological polar surface area (TPSA) is 63.8 Å². The maximum atomic E-state index is 5.73. The number of nitrogens with one attached hydrogen (secondary N) is 1. The van der Waals surface area contributed by atoms with E-state index in [4.69, 9.17) is 5.73 Å². The van der Waals surface area contributed by atoms with Crippen LogP contribution in [0.15, 0.2) is 36.5 Å². The monoisotopic (exact) mass is 296 g/mol. The molecule has 22 heavy (non-hydrogen) atoms. The Morgan fingerprint density at radius 3 is 2.91 bits per heavy atom. The van der Waals surface area contributed by atoms with Crippen LogP contribution in [0.3, 0.4) is 0 Å². The van der Waals surface area contributed by atoms with Gasteiger partial charge in [0.15, 0.2) is 0 Å². The van der Waals surface area contributed by atoms with E-state index < -0.39 is 0 Å². The second-order valence-corrected chi connectivity index (χ2v) is 6.90. The summed E-state index contributed by atoms with van der Waals surface area (Å²) in [5.41, 5.74) is 8.93. The lowest BCUT2D eigenvalue weighted by molar-refractivity contribution is 0.271. The van der Waals surface area contributed by atoms with E-state index in [2.05, 4.69) is 53.4 Å². The van der Waals surface area contributed by atoms with E-state index in [9.17, 15) is 0 Å². The van der Waals surface area contributed by atoms with Gasteiger partial charge >= 0.3 is 0 Å². The van der Waals surface area contributed by atoms with Gasteiger partial charge in [-0.25, -0.2) is 9.97 Å². The molecule has 0 amide bonds. The van der Waals surface area contributed by atoms with Gasteiger partial charge in [-0.3, -0.25) is 0 Å². The van der Waals surface area contributed by atoms with Crippen LogP contribution in [0, 0.1) is 5.41 Å². The predicted molar refractivity (Wildman–Crippen MR) is 89.2 cm³/mol. The first-order chi connectivity index (χ1) is 10.5. The van der Waals surface area contributed by atoms with Gasteiger partial charge in [0.1, 0.15) is 11.6 Å². The maximum Gasteiger partial charge on any atom is 0.144 e. The Morgan fingerprint density at radius 1 is 1.27 bits per heavy atom. The number of anilines is 1. The van der Waals surface area contributed by atoms with Crippen molar-refractivity contribution in [1.82, 2.24) is 15.3 Å². The summed E-state index contributed by atoms with van der Waals surface area (Å²) in [6.07, 6.45) is 5.20. The average Bonchev–Trinajstić information content (AvgIpc) is 2.62. The molecule has 2 aromatic rings. The Bertz CT molecular complexity index is 651. The molecule has 0 fully saturated rings. The first-order valence-electron chi connectivity index (χ1n) is 7.92. The number of hydrogen-bond donors (Lipinski definition) is 2. The van der Waals surface area contributed by atoms with Crippen LogP contribution in [0.5, 0.6) is 0 Å². The summed E-state index contributed by atoms with van der Waals surface area (Å²) in [5, 5.41) is 3.64. The SMILES string of the molecule is CC1(C)CCc2ccccc2[C@@H](NCc2nccc(N)n2)C1. The largest absolute Gasteiger partial charge is 0.384 e. The van der Waals surface area contributed by atoms with Crippen LogP contribution in [0.25, 0.3) is 0 Å². The van der Waals surface area contributed by atoms with E-state index in [1.165, 1.54) is 17.5 Å². The number of hydrogen-bond acceptors (Lipinski definition) is 4. The summed E-state index contributed by atoms with van der Waals surface area (Å²) in [6.45, 7) is 5.34. The Balaban J connectivity index is 1.81. The minimum atomic E-state index is 0.327. The molecule has 116 valence electrons. The minimum Gasteiger partial charge on any atom is -0.384 e. The second kappa shape index (κ2) is 6.05. The van der Waals surface area contributed by atoms with Gasteiger partial charge < -0.3 is 11.1 Å². The zero-order chi connectivity index (χ0) is 15.6. The number of fused-ring (bicyclic) bond motifs is 1. The normalized spacial score (nSPS) is 20.2. The van der Waals surface area contributed by atoms with Crippen LogP contribution in [0.1, 0.15) is 49.7 Å². The highest BCUT2D eigenvalue weighted by molar-refractivity contribution is 5.32. The molecular formula is C18H24N4. The molecule has 4 nitrogen and oxygen atoms in total. The average molecular weight is 296 g/mol.